The molecule has 0 spiro atoms. The van der Waals surface area contributed by atoms with E-state index in [1.807, 2.05) is 27.7 Å². The van der Waals surface area contributed by atoms with Gasteiger partial charge in [0.1, 0.15) is 5.60 Å². The zero-order valence-corrected chi connectivity index (χ0v) is 21.8. The van der Waals surface area contributed by atoms with E-state index in [4.69, 9.17) is 9.47 Å². The van der Waals surface area contributed by atoms with Gasteiger partial charge >= 0.3 is 12.1 Å². The predicted octanol–water partition coefficient (Wildman–Crippen LogP) is 6.47. The van der Waals surface area contributed by atoms with Crippen molar-refractivity contribution in [1.82, 2.24) is 10.2 Å². The molecule has 0 aliphatic heterocycles. The second-order valence-electron chi connectivity index (χ2n) is 9.67. The van der Waals surface area contributed by atoms with E-state index in [2.05, 4.69) is 12.2 Å². The fourth-order valence-corrected chi connectivity index (χ4v) is 3.41. The molecule has 0 aromatic carbocycles. The summed E-state index contributed by atoms with van der Waals surface area (Å²) in [6, 6.07) is 0. The number of unbranched alkanes of at least 4 members (excludes halogenated alkanes) is 10. The van der Waals surface area contributed by atoms with Gasteiger partial charge < -0.3 is 19.7 Å². The Bertz CT molecular complexity index is 463. The number of amides is 1. The molecule has 0 fully saturated rings. The van der Waals surface area contributed by atoms with Gasteiger partial charge in [0.15, 0.2) is 0 Å². The summed E-state index contributed by atoms with van der Waals surface area (Å²) >= 11 is 0. The zero-order valence-electron chi connectivity index (χ0n) is 21.8. The maximum atomic E-state index is 12.1. The number of carbonyl (C=O) groups excluding carboxylic acids is 2. The number of carbonyl (C=O) groups is 2. The van der Waals surface area contributed by atoms with Crippen molar-refractivity contribution in [1.29, 1.82) is 0 Å². The molecule has 32 heavy (non-hydrogen) atoms. The molecule has 0 saturated carbocycles. The Labute approximate surface area is 198 Å². The van der Waals surface area contributed by atoms with Gasteiger partial charge in [0.05, 0.1) is 6.61 Å². The molecule has 0 aliphatic carbocycles. The zero-order chi connectivity index (χ0) is 24.1. The molecule has 0 unspecified atom stereocenters. The summed E-state index contributed by atoms with van der Waals surface area (Å²) in [7, 11) is 0. The van der Waals surface area contributed by atoms with Gasteiger partial charge in [-0.3, -0.25) is 4.79 Å². The van der Waals surface area contributed by atoms with Crippen molar-refractivity contribution in [3.05, 3.63) is 0 Å². The van der Waals surface area contributed by atoms with Crippen LogP contribution in [-0.2, 0) is 14.3 Å². The van der Waals surface area contributed by atoms with Crippen LogP contribution in [0.4, 0.5) is 4.79 Å². The van der Waals surface area contributed by atoms with Crippen LogP contribution in [0.25, 0.3) is 0 Å². The quantitative estimate of drug-likeness (QED) is 0.168. The van der Waals surface area contributed by atoms with Crippen LogP contribution >= 0.6 is 0 Å². The highest BCUT2D eigenvalue weighted by Gasteiger charge is 2.20. The standard InChI is InChI=1S/C26H52N2O4/c1-6-8-9-10-11-12-13-14-18-23-31-24(29)19-16-15-17-20-27-21-22-28(7-2)25(30)32-26(3,4)5/h27H,6-23H2,1-5H3. The van der Waals surface area contributed by atoms with E-state index in [0.717, 1.165) is 45.2 Å². The Kier molecular flexibility index (Phi) is 19.5. The third-order valence-corrected chi connectivity index (χ3v) is 5.34. The van der Waals surface area contributed by atoms with E-state index in [9.17, 15) is 9.59 Å². The summed E-state index contributed by atoms with van der Waals surface area (Å²) in [6.07, 6.45) is 14.6. The summed E-state index contributed by atoms with van der Waals surface area (Å²) in [6.45, 7) is 13.3. The first-order valence-corrected chi connectivity index (χ1v) is 13.1. The molecule has 190 valence electrons. The van der Waals surface area contributed by atoms with Crippen molar-refractivity contribution in [2.45, 2.75) is 124 Å². The van der Waals surface area contributed by atoms with Crippen LogP contribution in [0.15, 0.2) is 0 Å². The fraction of sp³-hybridized carbons (Fsp3) is 0.923. The molecular formula is C26H52N2O4. The van der Waals surface area contributed by atoms with Crippen LogP contribution < -0.4 is 5.32 Å². The molecule has 0 rings (SSSR count). The summed E-state index contributed by atoms with van der Waals surface area (Å²) in [5.41, 5.74) is -0.466. The molecule has 0 atom stereocenters. The van der Waals surface area contributed by atoms with Crippen LogP contribution in [0.3, 0.4) is 0 Å². The third kappa shape index (κ3) is 20.6. The van der Waals surface area contributed by atoms with Crippen LogP contribution in [0, 0.1) is 0 Å². The lowest BCUT2D eigenvalue weighted by molar-refractivity contribution is -0.143. The Balaban J connectivity index is 3.48. The maximum Gasteiger partial charge on any atom is 0.410 e. The second kappa shape index (κ2) is 20.3. The maximum absolute atomic E-state index is 12.1. The average molecular weight is 457 g/mol. The number of hydrogen-bond donors (Lipinski definition) is 1. The Hall–Kier alpha value is -1.30. The van der Waals surface area contributed by atoms with E-state index in [-0.39, 0.29) is 12.1 Å². The normalized spacial score (nSPS) is 11.4. The second-order valence-corrected chi connectivity index (χ2v) is 9.67. The van der Waals surface area contributed by atoms with Crippen molar-refractivity contribution in [2.24, 2.45) is 0 Å². The summed E-state index contributed by atoms with van der Waals surface area (Å²) < 4.78 is 10.7. The van der Waals surface area contributed by atoms with E-state index >= 15 is 0 Å². The predicted molar refractivity (Wildman–Crippen MR) is 133 cm³/mol. The number of nitrogens with one attached hydrogen (secondary N) is 1. The van der Waals surface area contributed by atoms with Crippen molar-refractivity contribution in [3.8, 4) is 0 Å². The summed E-state index contributed by atoms with van der Waals surface area (Å²) in [5.74, 6) is -0.0616. The monoisotopic (exact) mass is 456 g/mol. The van der Waals surface area contributed by atoms with Crippen molar-refractivity contribution in [2.75, 3.05) is 32.8 Å². The average Bonchev–Trinajstić information content (AvgIpc) is 2.72. The molecule has 0 heterocycles. The van der Waals surface area contributed by atoms with E-state index < -0.39 is 5.60 Å². The van der Waals surface area contributed by atoms with Crippen molar-refractivity contribution < 1.29 is 19.1 Å². The SMILES string of the molecule is CCCCCCCCCCCOC(=O)CCCCCNCCN(CC)C(=O)OC(C)(C)C. The topological polar surface area (TPSA) is 67.9 Å². The highest BCUT2D eigenvalue weighted by Crippen LogP contribution is 2.11. The van der Waals surface area contributed by atoms with Crippen molar-refractivity contribution >= 4 is 12.1 Å². The highest BCUT2D eigenvalue weighted by molar-refractivity contribution is 5.69. The largest absolute Gasteiger partial charge is 0.466 e. The lowest BCUT2D eigenvalue weighted by atomic mass is 10.1. The number of esters is 1. The van der Waals surface area contributed by atoms with Gasteiger partial charge in [-0.1, -0.05) is 64.7 Å². The first-order chi connectivity index (χ1) is 15.3. The molecule has 1 N–H and O–H groups in total. The highest BCUT2D eigenvalue weighted by atomic mass is 16.6. The van der Waals surface area contributed by atoms with Gasteiger partial charge in [-0.25, -0.2) is 4.79 Å². The number of nitrogens with zero attached hydrogens (tertiary/aromatic N) is 1. The van der Waals surface area contributed by atoms with Crippen LogP contribution in [0.5, 0.6) is 0 Å². The minimum Gasteiger partial charge on any atom is -0.466 e. The van der Waals surface area contributed by atoms with E-state index in [0.29, 0.717) is 26.1 Å². The van der Waals surface area contributed by atoms with E-state index in [1.165, 1.54) is 44.9 Å². The minimum atomic E-state index is -0.466. The van der Waals surface area contributed by atoms with Gasteiger partial charge in [-0.05, 0) is 53.5 Å². The van der Waals surface area contributed by atoms with E-state index in [1.54, 1.807) is 4.90 Å². The number of hydrogen-bond acceptors (Lipinski definition) is 5. The Morgan fingerprint density at radius 3 is 1.97 bits per heavy atom. The smallest absolute Gasteiger partial charge is 0.410 e. The van der Waals surface area contributed by atoms with Gasteiger partial charge in [0.2, 0.25) is 0 Å². The summed E-state index contributed by atoms with van der Waals surface area (Å²) in [5, 5.41) is 3.36. The molecule has 0 aromatic rings. The molecule has 6 nitrogen and oxygen atoms in total. The fourth-order valence-electron chi connectivity index (χ4n) is 3.41. The number of likely N-dealkylation sites (N-methyl/N-ethyl adjacent to an activating group) is 1. The first-order valence-electron chi connectivity index (χ1n) is 13.1. The molecular weight excluding hydrogens is 404 g/mol. The van der Waals surface area contributed by atoms with Gasteiger partial charge in [0, 0.05) is 26.1 Å². The lowest BCUT2D eigenvalue weighted by Crippen LogP contribution is -2.40. The number of rotatable bonds is 20. The molecule has 0 saturated heterocycles. The Morgan fingerprint density at radius 2 is 1.38 bits per heavy atom. The molecule has 0 radical (unpaired) electrons. The minimum absolute atomic E-state index is 0.0616. The van der Waals surface area contributed by atoms with Gasteiger partial charge in [-0.15, -0.1) is 0 Å². The van der Waals surface area contributed by atoms with Crippen LogP contribution in [0.1, 0.15) is 118 Å². The molecule has 0 aromatic heterocycles. The third-order valence-electron chi connectivity index (χ3n) is 5.34. The van der Waals surface area contributed by atoms with Gasteiger partial charge in [0.25, 0.3) is 0 Å². The van der Waals surface area contributed by atoms with Crippen LogP contribution in [0.2, 0.25) is 0 Å². The summed E-state index contributed by atoms with van der Waals surface area (Å²) in [4.78, 5) is 25.6. The van der Waals surface area contributed by atoms with Gasteiger partial charge in [-0.2, -0.15) is 0 Å². The molecule has 0 bridgehead atoms. The van der Waals surface area contributed by atoms with Crippen molar-refractivity contribution in [3.63, 3.8) is 0 Å². The molecule has 0 aliphatic rings. The Morgan fingerprint density at radius 1 is 0.781 bits per heavy atom. The first kappa shape index (κ1) is 30.7. The van der Waals surface area contributed by atoms with Crippen LogP contribution in [-0.4, -0.2) is 55.3 Å². The lowest BCUT2D eigenvalue weighted by Gasteiger charge is -2.26. The molecule has 6 heteroatoms. The number of ether oxygens (including phenoxy) is 2. The molecule has 1 amide bonds.